The van der Waals surface area contributed by atoms with E-state index in [0.29, 0.717) is 12.6 Å². The van der Waals surface area contributed by atoms with Crippen LogP contribution in [0.1, 0.15) is 56.7 Å². The van der Waals surface area contributed by atoms with Crippen LogP contribution in [-0.2, 0) is 11.3 Å². The molecule has 0 spiro atoms. The average Bonchev–Trinajstić information content (AvgIpc) is 2.82. The van der Waals surface area contributed by atoms with E-state index in [-0.39, 0.29) is 5.95 Å². The van der Waals surface area contributed by atoms with Crippen molar-refractivity contribution in [2.24, 2.45) is 0 Å². The highest BCUT2D eigenvalue weighted by Gasteiger charge is 2.18. The molecule has 2 heterocycles. The average molecular weight is 434 g/mol. The number of hydrogen-bond donors (Lipinski definition) is 2. The van der Waals surface area contributed by atoms with Crippen LogP contribution in [0.4, 0.5) is 11.8 Å². The number of allylic oxidation sites excluding steroid dienone is 3. The second-order valence-electron chi connectivity index (χ2n) is 8.70. The Hall–Kier alpha value is -2.86. The van der Waals surface area contributed by atoms with E-state index in [2.05, 4.69) is 51.4 Å². The maximum atomic E-state index is 6.16. The molecular formula is C26H35N5O. The van der Waals surface area contributed by atoms with Gasteiger partial charge in [0, 0.05) is 30.8 Å². The van der Waals surface area contributed by atoms with Gasteiger partial charge in [-0.05, 0) is 57.2 Å². The molecule has 1 atom stereocenters. The summed E-state index contributed by atoms with van der Waals surface area (Å²) in [6.45, 7) is 6.08. The zero-order valence-electron chi connectivity index (χ0n) is 19.1. The highest BCUT2D eigenvalue weighted by Crippen LogP contribution is 2.30. The highest BCUT2D eigenvalue weighted by molar-refractivity contribution is 5.77. The summed E-state index contributed by atoms with van der Waals surface area (Å²) >= 11 is 0. The first-order chi connectivity index (χ1) is 15.7. The second-order valence-corrected chi connectivity index (χ2v) is 8.70. The lowest BCUT2D eigenvalue weighted by atomic mass is 10.0. The summed E-state index contributed by atoms with van der Waals surface area (Å²) < 4.78 is 6.16. The number of anilines is 2. The zero-order valence-corrected chi connectivity index (χ0v) is 19.1. The predicted molar refractivity (Wildman–Crippen MR) is 131 cm³/mol. The van der Waals surface area contributed by atoms with Gasteiger partial charge in [0.1, 0.15) is 18.2 Å². The van der Waals surface area contributed by atoms with Crippen LogP contribution in [0.2, 0.25) is 0 Å². The van der Waals surface area contributed by atoms with Crippen LogP contribution in [0.3, 0.4) is 0 Å². The van der Waals surface area contributed by atoms with Gasteiger partial charge in [0.25, 0.3) is 0 Å². The Kier molecular flexibility index (Phi) is 7.77. The predicted octanol–water partition coefficient (Wildman–Crippen LogP) is 5.01. The van der Waals surface area contributed by atoms with Gasteiger partial charge >= 0.3 is 0 Å². The molecule has 1 aromatic carbocycles. The molecule has 2 aromatic rings. The fourth-order valence-corrected chi connectivity index (χ4v) is 4.44. The van der Waals surface area contributed by atoms with E-state index in [4.69, 9.17) is 10.5 Å². The lowest BCUT2D eigenvalue weighted by molar-refractivity contribution is 0.160. The molecule has 1 fully saturated rings. The molecule has 1 saturated heterocycles. The number of aromatic nitrogens is 2. The van der Waals surface area contributed by atoms with Crippen molar-refractivity contribution in [2.75, 3.05) is 30.7 Å². The number of nitrogens with one attached hydrogen (secondary N) is 1. The number of likely N-dealkylation sites (tertiary alicyclic amines) is 1. The van der Waals surface area contributed by atoms with Gasteiger partial charge in [-0.3, -0.25) is 0 Å². The van der Waals surface area contributed by atoms with Gasteiger partial charge in [-0.2, -0.15) is 4.98 Å². The standard InChI is InChI=1S/C26H35N5O/c1-20-10-7-8-16-31(20)17-9-15-28-25-18-23(29-26(27)30-25)22-13-5-6-14-24(22)32-19-21-11-3-2-4-12-21/h2-4,11-14,18,20H,5-10,15-17,19H2,1H3,(H3,27,28,29,30). The molecule has 0 amide bonds. The summed E-state index contributed by atoms with van der Waals surface area (Å²) in [5.41, 5.74) is 9.00. The van der Waals surface area contributed by atoms with Crippen molar-refractivity contribution in [1.29, 1.82) is 0 Å². The number of nitrogen functional groups attached to an aromatic ring is 1. The monoisotopic (exact) mass is 433 g/mol. The molecule has 0 radical (unpaired) electrons. The molecule has 32 heavy (non-hydrogen) atoms. The molecular weight excluding hydrogens is 398 g/mol. The molecule has 170 valence electrons. The van der Waals surface area contributed by atoms with E-state index >= 15 is 0 Å². The molecule has 3 N–H and O–H groups in total. The van der Waals surface area contributed by atoms with Gasteiger partial charge in [-0.25, -0.2) is 4.98 Å². The maximum Gasteiger partial charge on any atom is 0.222 e. The first-order valence-electron chi connectivity index (χ1n) is 11.9. The summed E-state index contributed by atoms with van der Waals surface area (Å²) in [4.78, 5) is 11.5. The van der Waals surface area contributed by atoms with Crippen LogP contribution in [-0.4, -0.2) is 40.5 Å². The molecule has 0 bridgehead atoms. The first kappa shape index (κ1) is 22.3. The van der Waals surface area contributed by atoms with Crippen LogP contribution in [0.15, 0.2) is 54.3 Å². The Labute approximate surface area is 191 Å². The van der Waals surface area contributed by atoms with Crippen LogP contribution in [0.25, 0.3) is 5.57 Å². The number of rotatable bonds is 9. The van der Waals surface area contributed by atoms with Gasteiger partial charge in [0.2, 0.25) is 5.95 Å². The number of nitrogens with two attached hydrogens (primary N) is 1. The summed E-state index contributed by atoms with van der Waals surface area (Å²) in [5, 5.41) is 3.45. The maximum absolute atomic E-state index is 6.16. The van der Waals surface area contributed by atoms with Crippen molar-refractivity contribution in [3.8, 4) is 0 Å². The molecule has 4 rings (SSSR count). The number of hydrogen-bond acceptors (Lipinski definition) is 6. The molecule has 6 nitrogen and oxygen atoms in total. The van der Waals surface area contributed by atoms with Crippen LogP contribution in [0.5, 0.6) is 0 Å². The Bertz CT molecular complexity index is 940. The van der Waals surface area contributed by atoms with Gasteiger partial charge in [0.05, 0.1) is 5.69 Å². The van der Waals surface area contributed by atoms with Crippen molar-refractivity contribution in [2.45, 2.75) is 58.1 Å². The number of benzene rings is 1. The van der Waals surface area contributed by atoms with Gasteiger partial charge in [-0.1, -0.05) is 42.8 Å². The molecule has 6 heteroatoms. The Balaban J connectivity index is 1.36. The Morgan fingerprint density at radius 2 is 1.97 bits per heavy atom. The lowest BCUT2D eigenvalue weighted by Crippen LogP contribution is -2.38. The van der Waals surface area contributed by atoms with Gasteiger partial charge in [0.15, 0.2) is 0 Å². The second kappa shape index (κ2) is 11.1. The fraction of sp³-hybridized carbons (Fsp3) is 0.462. The minimum atomic E-state index is 0.281. The minimum Gasteiger partial charge on any atom is -0.489 e. The third-order valence-electron chi connectivity index (χ3n) is 6.24. The lowest BCUT2D eigenvalue weighted by Gasteiger charge is -2.33. The van der Waals surface area contributed by atoms with Gasteiger partial charge < -0.3 is 20.7 Å². The smallest absolute Gasteiger partial charge is 0.222 e. The molecule has 2 aliphatic rings. The minimum absolute atomic E-state index is 0.281. The molecule has 1 aromatic heterocycles. The SMILES string of the molecule is CC1CCCCN1CCCNc1cc(C2=CCCC=C2OCc2ccccc2)nc(N)n1. The molecule has 0 saturated carbocycles. The largest absolute Gasteiger partial charge is 0.489 e. The van der Waals surface area contributed by atoms with E-state index in [9.17, 15) is 0 Å². The number of piperidine rings is 1. The molecule has 1 aliphatic heterocycles. The Morgan fingerprint density at radius 3 is 2.81 bits per heavy atom. The van der Waals surface area contributed by atoms with Crippen LogP contribution in [0, 0.1) is 0 Å². The van der Waals surface area contributed by atoms with Crippen LogP contribution < -0.4 is 11.1 Å². The zero-order chi connectivity index (χ0) is 22.2. The number of ether oxygens (including phenoxy) is 1. The van der Waals surface area contributed by atoms with Crippen molar-refractivity contribution in [1.82, 2.24) is 14.9 Å². The summed E-state index contributed by atoms with van der Waals surface area (Å²) in [7, 11) is 0. The third-order valence-corrected chi connectivity index (χ3v) is 6.24. The summed E-state index contributed by atoms with van der Waals surface area (Å²) in [6, 6.07) is 12.9. The quantitative estimate of drug-likeness (QED) is 0.541. The first-order valence-corrected chi connectivity index (χ1v) is 11.9. The van der Waals surface area contributed by atoms with Crippen molar-refractivity contribution < 1.29 is 4.74 Å². The molecule has 1 unspecified atom stereocenters. The third kappa shape index (κ3) is 6.10. The Morgan fingerprint density at radius 1 is 1.12 bits per heavy atom. The fourth-order valence-electron chi connectivity index (χ4n) is 4.44. The van der Waals surface area contributed by atoms with Crippen LogP contribution >= 0.6 is 0 Å². The van der Waals surface area contributed by atoms with E-state index < -0.39 is 0 Å². The summed E-state index contributed by atoms with van der Waals surface area (Å²) in [5.74, 6) is 1.92. The van der Waals surface area contributed by atoms with Crippen molar-refractivity contribution >= 4 is 17.3 Å². The van der Waals surface area contributed by atoms with E-state index in [1.54, 1.807) is 0 Å². The normalized spacial score (nSPS) is 19.2. The van der Waals surface area contributed by atoms with E-state index in [0.717, 1.165) is 60.8 Å². The van der Waals surface area contributed by atoms with Crippen molar-refractivity contribution in [3.05, 3.63) is 65.6 Å². The topological polar surface area (TPSA) is 76.3 Å². The van der Waals surface area contributed by atoms with Gasteiger partial charge in [-0.15, -0.1) is 0 Å². The van der Waals surface area contributed by atoms with E-state index in [1.165, 1.54) is 25.8 Å². The highest BCUT2D eigenvalue weighted by atomic mass is 16.5. The number of nitrogens with zero attached hydrogens (tertiary/aromatic N) is 3. The van der Waals surface area contributed by atoms with Crippen molar-refractivity contribution in [3.63, 3.8) is 0 Å². The van der Waals surface area contributed by atoms with E-state index in [1.807, 2.05) is 24.3 Å². The molecule has 1 aliphatic carbocycles. The summed E-state index contributed by atoms with van der Waals surface area (Å²) in [6.07, 6.45) is 11.3.